The van der Waals surface area contributed by atoms with Crippen molar-refractivity contribution in [2.24, 2.45) is 0 Å². The number of halogens is 1. The minimum absolute atomic E-state index is 0.258. The Morgan fingerprint density at radius 3 is 2.89 bits per heavy atom. The fourth-order valence-corrected chi connectivity index (χ4v) is 2.19. The average molecular weight is 281 g/mol. The number of anilines is 1. The molecule has 1 aromatic heterocycles. The fourth-order valence-electron chi connectivity index (χ4n) is 1.43. The molecule has 8 heteroatoms. The number of carbonyl (C=O) groups is 1. The van der Waals surface area contributed by atoms with E-state index in [9.17, 15) is 19.3 Å². The highest BCUT2D eigenvalue weighted by atomic mass is 32.1. The topological polar surface area (TPSA) is 85.1 Å². The molecule has 98 valence electrons. The molecule has 0 aliphatic heterocycles. The Morgan fingerprint density at radius 2 is 2.26 bits per heavy atom. The van der Waals surface area contributed by atoms with Gasteiger partial charge in [-0.25, -0.2) is 4.98 Å². The zero-order chi connectivity index (χ0) is 14.0. The van der Waals surface area contributed by atoms with Gasteiger partial charge >= 0.3 is 5.69 Å². The summed E-state index contributed by atoms with van der Waals surface area (Å²) in [4.78, 5) is 24.8. The van der Waals surface area contributed by atoms with Crippen LogP contribution in [0, 0.1) is 15.9 Å². The predicted octanol–water partition coefficient (Wildman–Crippen LogP) is 2.82. The van der Waals surface area contributed by atoms with Crippen LogP contribution < -0.4 is 5.32 Å². The van der Waals surface area contributed by atoms with Crippen molar-refractivity contribution in [2.45, 2.75) is 6.92 Å². The van der Waals surface area contributed by atoms with E-state index in [-0.39, 0.29) is 5.91 Å². The first-order valence-corrected chi connectivity index (χ1v) is 6.03. The van der Waals surface area contributed by atoms with Gasteiger partial charge in [0.2, 0.25) is 11.7 Å². The van der Waals surface area contributed by atoms with Gasteiger partial charge in [-0.05, 0) is 12.1 Å². The number of benzene rings is 1. The van der Waals surface area contributed by atoms with E-state index in [0.717, 1.165) is 12.1 Å². The average Bonchev–Trinajstić information content (AvgIpc) is 2.76. The van der Waals surface area contributed by atoms with Crippen molar-refractivity contribution < 1.29 is 14.1 Å². The Bertz CT molecular complexity index is 656. The van der Waals surface area contributed by atoms with Gasteiger partial charge in [0, 0.05) is 23.9 Å². The monoisotopic (exact) mass is 281 g/mol. The number of aromatic nitrogens is 1. The molecule has 6 nitrogen and oxygen atoms in total. The van der Waals surface area contributed by atoms with Crippen molar-refractivity contribution in [3.05, 3.63) is 39.5 Å². The van der Waals surface area contributed by atoms with E-state index in [1.807, 2.05) is 0 Å². The summed E-state index contributed by atoms with van der Waals surface area (Å²) in [5.41, 5.74) is 0.254. The van der Waals surface area contributed by atoms with Crippen LogP contribution in [-0.2, 0) is 4.79 Å². The number of nitro benzene ring substituents is 1. The highest BCUT2D eigenvalue weighted by molar-refractivity contribution is 7.14. The summed E-state index contributed by atoms with van der Waals surface area (Å²) in [6.07, 6.45) is 0. The zero-order valence-corrected chi connectivity index (χ0v) is 10.5. The van der Waals surface area contributed by atoms with Gasteiger partial charge in [0.25, 0.3) is 0 Å². The van der Waals surface area contributed by atoms with Crippen LogP contribution in [0.1, 0.15) is 6.92 Å². The Kier molecular flexibility index (Phi) is 3.52. The van der Waals surface area contributed by atoms with Crippen molar-refractivity contribution in [3.8, 4) is 11.3 Å². The predicted molar refractivity (Wildman–Crippen MR) is 68.5 cm³/mol. The van der Waals surface area contributed by atoms with Crippen LogP contribution in [0.15, 0.2) is 23.6 Å². The van der Waals surface area contributed by atoms with Gasteiger partial charge in [-0.1, -0.05) is 0 Å². The second-order valence-corrected chi connectivity index (χ2v) is 4.50. The van der Waals surface area contributed by atoms with Gasteiger partial charge in [0.05, 0.1) is 10.6 Å². The minimum atomic E-state index is -0.897. The Hall–Kier alpha value is -2.35. The van der Waals surface area contributed by atoms with Gasteiger partial charge < -0.3 is 5.32 Å². The summed E-state index contributed by atoms with van der Waals surface area (Å²) in [5.74, 6) is -1.16. The molecule has 1 heterocycles. The van der Waals surface area contributed by atoms with Crippen molar-refractivity contribution in [1.29, 1.82) is 0 Å². The van der Waals surface area contributed by atoms with Crippen molar-refractivity contribution >= 4 is 28.1 Å². The molecular weight excluding hydrogens is 273 g/mol. The summed E-state index contributed by atoms with van der Waals surface area (Å²) in [7, 11) is 0. The van der Waals surface area contributed by atoms with Crippen LogP contribution in [0.4, 0.5) is 15.2 Å². The molecule has 0 bridgehead atoms. The molecule has 0 spiro atoms. The number of nitrogens with one attached hydrogen (secondary N) is 1. The van der Waals surface area contributed by atoms with E-state index in [2.05, 4.69) is 10.3 Å². The second kappa shape index (κ2) is 5.11. The number of carbonyl (C=O) groups excluding carboxylic acids is 1. The van der Waals surface area contributed by atoms with Gasteiger partial charge in [-0.3, -0.25) is 14.9 Å². The molecule has 1 N–H and O–H groups in total. The molecule has 2 rings (SSSR count). The van der Waals surface area contributed by atoms with E-state index in [1.54, 1.807) is 5.38 Å². The molecule has 0 atom stereocenters. The molecule has 0 unspecified atom stereocenters. The third kappa shape index (κ3) is 2.91. The number of hydrogen-bond acceptors (Lipinski definition) is 5. The first kappa shape index (κ1) is 13.1. The fraction of sp³-hybridized carbons (Fsp3) is 0.0909. The first-order valence-electron chi connectivity index (χ1n) is 5.15. The van der Waals surface area contributed by atoms with E-state index < -0.39 is 16.4 Å². The smallest absolute Gasteiger partial charge is 0.302 e. The third-order valence-electron chi connectivity index (χ3n) is 2.23. The van der Waals surface area contributed by atoms with E-state index in [1.165, 1.54) is 24.3 Å². The molecule has 0 aliphatic carbocycles. The molecule has 2 aromatic rings. The number of hydrogen-bond donors (Lipinski definition) is 1. The Morgan fingerprint density at radius 1 is 1.53 bits per heavy atom. The highest BCUT2D eigenvalue weighted by Crippen LogP contribution is 2.28. The lowest BCUT2D eigenvalue weighted by Crippen LogP contribution is -2.04. The normalized spacial score (nSPS) is 10.2. The lowest BCUT2D eigenvalue weighted by Gasteiger charge is -1.98. The Balaban J connectivity index is 2.36. The zero-order valence-electron chi connectivity index (χ0n) is 9.71. The summed E-state index contributed by atoms with van der Waals surface area (Å²) in [6.45, 7) is 1.35. The maximum absolute atomic E-state index is 13.2. The van der Waals surface area contributed by atoms with E-state index >= 15 is 0 Å². The molecule has 1 amide bonds. The third-order valence-corrected chi connectivity index (χ3v) is 2.98. The number of thiazole rings is 1. The van der Waals surface area contributed by atoms with Crippen LogP contribution in [0.25, 0.3) is 11.3 Å². The number of rotatable bonds is 3. The second-order valence-electron chi connectivity index (χ2n) is 3.64. The van der Waals surface area contributed by atoms with E-state index in [0.29, 0.717) is 16.4 Å². The maximum Gasteiger partial charge on any atom is 0.305 e. The molecule has 1 aromatic carbocycles. The lowest BCUT2D eigenvalue weighted by molar-refractivity contribution is -0.387. The van der Waals surface area contributed by atoms with Crippen molar-refractivity contribution in [3.63, 3.8) is 0 Å². The van der Waals surface area contributed by atoms with Crippen LogP contribution in [-0.4, -0.2) is 15.8 Å². The van der Waals surface area contributed by atoms with Crippen molar-refractivity contribution in [1.82, 2.24) is 4.98 Å². The summed E-state index contributed by atoms with van der Waals surface area (Å²) >= 11 is 1.18. The number of nitrogens with zero attached hydrogens (tertiary/aromatic N) is 2. The van der Waals surface area contributed by atoms with Crippen LogP contribution in [0.2, 0.25) is 0 Å². The van der Waals surface area contributed by atoms with Gasteiger partial charge in [-0.2, -0.15) is 4.39 Å². The summed E-state index contributed by atoms with van der Waals surface area (Å²) in [5, 5.41) is 15.2. The molecule has 0 fully saturated rings. The summed E-state index contributed by atoms with van der Waals surface area (Å²) in [6, 6.07) is 3.53. The molecule has 0 radical (unpaired) electrons. The van der Waals surface area contributed by atoms with Gasteiger partial charge in [-0.15, -0.1) is 11.3 Å². The van der Waals surface area contributed by atoms with Gasteiger partial charge in [0.15, 0.2) is 5.13 Å². The SMILES string of the molecule is CC(=O)Nc1nc(-c2ccc(F)c([N+](=O)[O-])c2)cs1. The van der Waals surface area contributed by atoms with Gasteiger partial charge in [0.1, 0.15) is 0 Å². The molecule has 0 saturated heterocycles. The van der Waals surface area contributed by atoms with Crippen molar-refractivity contribution in [2.75, 3.05) is 5.32 Å². The lowest BCUT2D eigenvalue weighted by atomic mass is 10.1. The maximum atomic E-state index is 13.2. The molecule has 0 aliphatic rings. The molecule has 0 saturated carbocycles. The molecule has 19 heavy (non-hydrogen) atoms. The summed E-state index contributed by atoms with van der Waals surface area (Å²) < 4.78 is 13.2. The van der Waals surface area contributed by atoms with Crippen LogP contribution in [0.3, 0.4) is 0 Å². The Labute approximate surface area is 111 Å². The highest BCUT2D eigenvalue weighted by Gasteiger charge is 2.16. The number of nitro groups is 1. The van der Waals surface area contributed by atoms with Crippen LogP contribution in [0.5, 0.6) is 0 Å². The van der Waals surface area contributed by atoms with E-state index in [4.69, 9.17) is 0 Å². The van der Waals surface area contributed by atoms with Crippen LogP contribution >= 0.6 is 11.3 Å². The first-order chi connectivity index (χ1) is 8.97. The standard InChI is InChI=1S/C11H8FN3O3S/c1-6(16)13-11-14-9(5-19-11)7-2-3-8(12)10(4-7)15(17)18/h2-5H,1H3,(H,13,14,16). The molecular formula is C11H8FN3O3S. The minimum Gasteiger partial charge on any atom is -0.302 e. The number of amides is 1. The quantitative estimate of drug-likeness (QED) is 0.692. The largest absolute Gasteiger partial charge is 0.305 e.